The molecule has 6 aromatic rings. The zero-order valence-electron chi connectivity index (χ0n) is 53.1. The van der Waals surface area contributed by atoms with E-state index in [4.69, 9.17) is 24.4 Å². The Morgan fingerprint density at radius 3 is 1.31 bits per heavy atom. The van der Waals surface area contributed by atoms with Gasteiger partial charge in [0.2, 0.25) is 22.9 Å². The van der Waals surface area contributed by atoms with E-state index in [-0.39, 0.29) is 34.8 Å². The molecular weight excluding hydrogens is 1120 g/mol. The summed E-state index contributed by atoms with van der Waals surface area (Å²) in [7, 11) is 0. The van der Waals surface area contributed by atoms with E-state index >= 15 is 0 Å². The predicted molar refractivity (Wildman–Crippen MR) is 351 cm³/mol. The van der Waals surface area contributed by atoms with Crippen molar-refractivity contribution in [2.45, 2.75) is 121 Å². The lowest BCUT2D eigenvalue weighted by molar-refractivity contribution is -0.451. The zero-order chi connectivity index (χ0) is 65.6. The van der Waals surface area contributed by atoms with Gasteiger partial charge in [0.15, 0.2) is 18.4 Å². The molecule has 464 valence electrons. The van der Waals surface area contributed by atoms with Crippen LogP contribution in [0.15, 0.2) is 196 Å². The topological polar surface area (TPSA) is 203 Å². The molecule has 0 fully saturated rings. The van der Waals surface area contributed by atoms with Crippen LogP contribution in [0.5, 0.6) is 11.5 Å². The number of aromatic hydroxyl groups is 2. The summed E-state index contributed by atoms with van der Waals surface area (Å²) in [5.41, 5.74) is 13.1. The number of carbonyl (C=O) groups excluding carboxylic acids is 4. The quantitative estimate of drug-likeness (QED) is 0.0226. The van der Waals surface area contributed by atoms with Crippen molar-refractivity contribution in [3.05, 3.63) is 246 Å². The van der Waals surface area contributed by atoms with Gasteiger partial charge in [-0.05, 0) is 158 Å². The summed E-state index contributed by atoms with van der Waals surface area (Å²) in [6.07, 6.45) is 8.33. The molecule has 0 radical (unpaired) electrons. The van der Waals surface area contributed by atoms with Crippen molar-refractivity contribution in [3.8, 4) is 11.5 Å². The SMILES string of the molecule is C=C(C)C(=O)OC(CC)CN(c1ccc(C2=C([O-])C(=C3C=CC(=[N+](CC(CC)OC(=O)C(=C)C)c4ccc(C)cc4C)C=C3)C2=O)cc1)c1ccc(C)cc1C.C=C(C)C(=O)OC(CC)CN(c1ccccc1)c1ccc(C)cc1C.O=c1c(O)c(O)c1=O. The molecule has 0 spiro atoms. The Morgan fingerprint density at radius 1 is 0.528 bits per heavy atom. The van der Waals surface area contributed by atoms with Crippen molar-refractivity contribution in [1.29, 1.82) is 0 Å². The van der Waals surface area contributed by atoms with Crippen molar-refractivity contribution in [1.82, 2.24) is 0 Å². The van der Waals surface area contributed by atoms with Crippen molar-refractivity contribution in [2.24, 2.45) is 0 Å². The number of hydrogen-bond acceptors (Lipinski definition) is 14. The second-order valence-electron chi connectivity index (χ2n) is 22.5. The highest BCUT2D eigenvalue weighted by Gasteiger charge is 2.32. The summed E-state index contributed by atoms with van der Waals surface area (Å²) >= 11 is 0. The number of aryl methyl sites for hydroxylation is 6. The lowest BCUT2D eigenvalue weighted by atomic mass is 9.80. The van der Waals surface area contributed by atoms with Crippen LogP contribution in [0.2, 0.25) is 0 Å². The fourth-order valence-electron chi connectivity index (χ4n) is 9.98. The number of allylic oxidation sites excluding steroid dienone is 7. The van der Waals surface area contributed by atoms with Gasteiger partial charge in [-0.15, -0.1) is 0 Å². The molecule has 3 unspecified atom stereocenters. The summed E-state index contributed by atoms with van der Waals surface area (Å²) in [6.45, 7) is 35.8. The minimum atomic E-state index is -1.01. The number of para-hydroxylation sites is 1. The van der Waals surface area contributed by atoms with E-state index in [1.54, 1.807) is 45.1 Å². The van der Waals surface area contributed by atoms with Crippen LogP contribution in [0.1, 0.15) is 99.7 Å². The van der Waals surface area contributed by atoms with E-state index in [1.165, 1.54) is 11.1 Å². The molecule has 15 heteroatoms. The molecule has 0 aliphatic heterocycles. The summed E-state index contributed by atoms with van der Waals surface area (Å²) in [4.78, 5) is 74.7. The molecule has 89 heavy (non-hydrogen) atoms. The molecule has 0 saturated carbocycles. The van der Waals surface area contributed by atoms with Crippen molar-refractivity contribution in [2.75, 3.05) is 29.4 Å². The lowest BCUT2D eigenvalue weighted by Crippen LogP contribution is -2.33. The molecule has 3 atom stereocenters. The number of esters is 3. The van der Waals surface area contributed by atoms with Crippen LogP contribution in [0.3, 0.4) is 0 Å². The number of rotatable bonds is 21. The number of ether oxygens (including phenoxy) is 3. The molecule has 6 aromatic carbocycles. The van der Waals surface area contributed by atoms with Crippen LogP contribution < -0.4 is 25.8 Å². The van der Waals surface area contributed by atoms with Crippen LogP contribution in [0.25, 0.3) is 5.57 Å². The molecule has 0 heterocycles. The van der Waals surface area contributed by atoms with Gasteiger partial charge in [0.1, 0.15) is 12.2 Å². The largest absolute Gasteiger partial charge is 0.871 e. The molecule has 0 saturated heterocycles. The minimum Gasteiger partial charge on any atom is -0.871 e. The molecule has 2 N–H and O–H groups in total. The lowest BCUT2D eigenvalue weighted by Gasteiger charge is -2.33. The van der Waals surface area contributed by atoms with Crippen LogP contribution in [-0.4, -0.2) is 82.1 Å². The highest BCUT2D eigenvalue weighted by Crippen LogP contribution is 2.39. The third-order valence-corrected chi connectivity index (χ3v) is 15.1. The van der Waals surface area contributed by atoms with Crippen molar-refractivity contribution < 1.29 is 53.3 Å². The Balaban J connectivity index is 0.000000312. The Morgan fingerprint density at radius 2 is 0.933 bits per heavy atom. The Bertz CT molecular complexity index is 3880. The third-order valence-electron chi connectivity index (χ3n) is 15.1. The molecule has 2 aliphatic carbocycles. The van der Waals surface area contributed by atoms with Gasteiger partial charge in [0.25, 0.3) is 10.9 Å². The van der Waals surface area contributed by atoms with Crippen LogP contribution in [0, 0.1) is 41.5 Å². The fraction of sp³-hybridized carbons (Fsp3) is 0.284. The molecule has 2 aliphatic rings. The van der Waals surface area contributed by atoms with Gasteiger partial charge in [0, 0.05) is 74.4 Å². The summed E-state index contributed by atoms with van der Waals surface area (Å²) in [5.74, 6) is -3.45. The second-order valence-corrected chi connectivity index (χ2v) is 22.5. The number of benzene rings is 5. The van der Waals surface area contributed by atoms with Crippen LogP contribution >= 0.6 is 0 Å². The summed E-state index contributed by atoms with van der Waals surface area (Å²) in [6, 6.07) is 36.4. The number of hydrogen-bond donors (Lipinski definition) is 2. The standard InChI is InChI=1S/C48H52N2O6.C22H27NO2.C4H2O4/c1-11-39(55-47(53)29(3)4)27-49(41-23-13-31(7)25-33(41)9)37-19-15-35(16-20-37)43-45(51)44(46(43)52)36-17-21-38(22-18-36)50(42-24-14-32(8)26-34(42)10)28-40(12-2)56-48(54)30(5)6;1-6-20(25-22(24)16(2)3)15-23(19-10-8-7-9-11-19)21-13-12-17(4)14-18(21)5;5-1-2(6)4(8)3(1)7/h13-26,39-40H,3,5,11-12,27-28H2,1-2,4,6-10H3;7-14,20H,2,6,15H2,1,3-5H3;5-6H. The van der Waals surface area contributed by atoms with E-state index in [0.29, 0.717) is 60.3 Å². The molecule has 0 amide bonds. The van der Waals surface area contributed by atoms with E-state index in [2.05, 4.69) is 90.4 Å². The van der Waals surface area contributed by atoms with Crippen LogP contribution in [-0.2, 0) is 33.4 Å². The zero-order valence-corrected chi connectivity index (χ0v) is 53.1. The first kappa shape index (κ1) is 68.2. The number of carbonyl (C=O) groups is 4. The number of ketones is 1. The Labute approximate surface area is 522 Å². The summed E-state index contributed by atoms with van der Waals surface area (Å²) < 4.78 is 19.2. The first-order valence-electron chi connectivity index (χ1n) is 29.6. The van der Waals surface area contributed by atoms with E-state index in [1.807, 2.05) is 115 Å². The van der Waals surface area contributed by atoms with Gasteiger partial charge in [-0.25, -0.2) is 14.4 Å². The molecule has 15 nitrogen and oxygen atoms in total. The van der Waals surface area contributed by atoms with Crippen molar-refractivity contribution >= 4 is 63.4 Å². The van der Waals surface area contributed by atoms with Gasteiger partial charge in [-0.1, -0.05) is 124 Å². The molecule has 8 rings (SSSR count). The number of nitrogens with zero attached hydrogens (tertiary/aromatic N) is 3. The average Bonchev–Trinajstić information content (AvgIpc) is 1.22. The van der Waals surface area contributed by atoms with E-state index in [0.717, 1.165) is 62.8 Å². The maximum Gasteiger partial charge on any atom is 0.333 e. The van der Waals surface area contributed by atoms with Gasteiger partial charge in [-0.3, -0.25) is 14.4 Å². The first-order chi connectivity index (χ1) is 42.2. The molecule has 0 aromatic heterocycles. The van der Waals surface area contributed by atoms with Gasteiger partial charge in [0.05, 0.1) is 13.1 Å². The average molecular weight is 1200 g/mol. The molecule has 0 bridgehead atoms. The van der Waals surface area contributed by atoms with E-state index < -0.39 is 46.5 Å². The maximum absolute atomic E-state index is 13.7. The number of Topliss-reactive ketones (excluding diaryl/α,β-unsaturated/α-hetero) is 1. The monoisotopic (exact) mass is 1200 g/mol. The smallest absolute Gasteiger partial charge is 0.333 e. The summed E-state index contributed by atoms with van der Waals surface area (Å²) in [5, 5.41) is 30.1. The van der Waals surface area contributed by atoms with Gasteiger partial charge >= 0.3 is 17.9 Å². The van der Waals surface area contributed by atoms with E-state index in [9.17, 15) is 33.9 Å². The normalized spacial score (nSPS) is 13.4. The van der Waals surface area contributed by atoms with Crippen LogP contribution in [0.4, 0.5) is 28.4 Å². The Hall–Kier alpha value is -9.89. The second kappa shape index (κ2) is 30.6. The minimum absolute atomic E-state index is 0.150. The molecular formula is C74H81N3O12. The third kappa shape index (κ3) is 17.0. The fourth-order valence-corrected chi connectivity index (χ4v) is 9.98. The van der Waals surface area contributed by atoms with Crippen molar-refractivity contribution in [3.63, 3.8) is 0 Å². The Kier molecular flexibility index (Phi) is 23.5. The highest BCUT2D eigenvalue weighted by molar-refractivity contribution is 6.39. The first-order valence-corrected chi connectivity index (χ1v) is 29.6. The van der Waals surface area contributed by atoms with Gasteiger partial charge < -0.3 is 39.3 Å². The number of anilines is 4. The predicted octanol–water partition coefficient (Wildman–Crippen LogP) is 12.7. The highest BCUT2D eigenvalue weighted by atomic mass is 16.6. The van der Waals surface area contributed by atoms with Gasteiger partial charge in [-0.2, -0.15) is 4.58 Å². The maximum atomic E-state index is 13.7.